The third-order valence-electron chi connectivity index (χ3n) is 4.34. The van der Waals surface area contributed by atoms with Crippen LogP contribution in [0.2, 0.25) is 0 Å². The molecular formula is C12H19NOS. The molecule has 0 radical (unpaired) electrons. The van der Waals surface area contributed by atoms with Gasteiger partial charge in [0, 0.05) is 24.0 Å². The molecule has 3 fully saturated rings. The second-order valence-electron chi connectivity index (χ2n) is 5.44. The lowest BCUT2D eigenvalue weighted by Gasteiger charge is -2.27. The number of carbonyl (C=O) groups excluding carboxylic acids is 1. The van der Waals surface area contributed by atoms with Crippen LogP contribution in [0.25, 0.3) is 0 Å². The Labute approximate surface area is 95.6 Å². The summed E-state index contributed by atoms with van der Waals surface area (Å²) >= 11 is 1.93. The van der Waals surface area contributed by atoms with Crippen LogP contribution in [0.15, 0.2) is 0 Å². The van der Waals surface area contributed by atoms with E-state index in [-0.39, 0.29) is 0 Å². The summed E-state index contributed by atoms with van der Waals surface area (Å²) in [6.45, 7) is 0. The van der Waals surface area contributed by atoms with E-state index < -0.39 is 0 Å². The number of carbonyl (C=O) groups is 1. The van der Waals surface area contributed by atoms with Crippen LogP contribution in [-0.2, 0) is 4.79 Å². The van der Waals surface area contributed by atoms with Crippen molar-refractivity contribution in [3.63, 3.8) is 0 Å². The molecule has 2 bridgehead atoms. The number of rotatable bonds is 3. The molecule has 1 amide bonds. The van der Waals surface area contributed by atoms with E-state index in [9.17, 15) is 4.79 Å². The molecule has 1 aliphatic heterocycles. The van der Waals surface area contributed by atoms with E-state index in [4.69, 9.17) is 0 Å². The van der Waals surface area contributed by atoms with Crippen molar-refractivity contribution >= 4 is 17.7 Å². The van der Waals surface area contributed by atoms with Crippen LogP contribution < -0.4 is 5.32 Å². The first-order chi connectivity index (χ1) is 7.31. The molecule has 3 atom stereocenters. The fraction of sp³-hybridized carbons (Fsp3) is 0.917. The topological polar surface area (TPSA) is 29.1 Å². The Morgan fingerprint density at radius 1 is 1.27 bits per heavy atom. The summed E-state index contributed by atoms with van der Waals surface area (Å²) in [5.41, 5.74) is 0. The number of hydrogen-bond acceptors (Lipinski definition) is 2. The Hall–Kier alpha value is -0.180. The predicted molar refractivity (Wildman–Crippen MR) is 62.8 cm³/mol. The van der Waals surface area contributed by atoms with Gasteiger partial charge in [0.25, 0.3) is 0 Å². The van der Waals surface area contributed by atoms with Gasteiger partial charge in [-0.25, -0.2) is 0 Å². The van der Waals surface area contributed by atoms with E-state index in [1.54, 1.807) is 0 Å². The number of amides is 1. The van der Waals surface area contributed by atoms with Crippen molar-refractivity contribution in [3.8, 4) is 0 Å². The Balaban J connectivity index is 1.46. The molecule has 1 saturated heterocycles. The molecule has 3 rings (SSSR count). The SMILES string of the molecule is O=C(CC1CC2CCC1C2)NC1CSC1. The normalized spacial score (nSPS) is 39.1. The molecule has 0 spiro atoms. The largest absolute Gasteiger partial charge is 0.352 e. The number of hydrogen-bond donors (Lipinski definition) is 1. The Morgan fingerprint density at radius 2 is 2.13 bits per heavy atom. The van der Waals surface area contributed by atoms with E-state index in [1.165, 1.54) is 25.7 Å². The molecule has 2 nitrogen and oxygen atoms in total. The molecule has 3 aliphatic rings. The maximum atomic E-state index is 11.8. The predicted octanol–water partition coefficient (Wildman–Crippen LogP) is 2.04. The maximum absolute atomic E-state index is 11.8. The van der Waals surface area contributed by atoms with Crippen molar-refractivity contribution in [3.05, 3.63) is 0 Å². The van der Waals surface area contributed by atoms with Gasteiger partial charge in [-0.1, -0.05) is 6.42 Å². The monoisotopic (exact) mass is 225 g/mol. The third kappa shape index (κ3) is 2.03. The van der Waals surface area contributed by atoms with Crippen molar-refractivity contribution < 1.29 is 4.79 Å². The standard InChI is InChI=1S/C12H19NOS/c14-12(13-11-6-15-7-11)5-10-4-8-1-2-9(10)3-8/h8-11H,1-7H2,(H,13,14). The zero-order valence-corrected chi connectivity index (χ0v) is 9.89. The zero-order valence-electron chi connectivity index (χ0n) is 9.08. The fourth-order valence-corrected chi connectivity index (χ4v) is 4.11. The Kier molecular flexibility index (Phi) is 2.67. The third-order valence-corrected chi connectivity index (χ3v) is 5.61. The Bertz CT molecular complexity index is 264. The van der Waals surface area contributed by atoms with Gasteiger partial charge in [0.05, 0.1) is 0 Å². The summed E-state index contributed by atoms with van der Waals surface area (Å²) in [4.78, 5) is 11.8. The highest BCUT2D eigenvalue weighted by Crippen LogP contribution is 2.49. The number of fused-ring (bicyclic) bond motifs is 2. The van der Waals surface area contributed by atoms with E-state index >= 15 is 0 Å². The van der Waals surface area contributed by atoms with Gasteiger partial charge < -0.3 is 5.32 Å². The zero-order chi connectivity index (χ0) is 10.3. The first kappa shape index (κ1) is 10.0. The van der Waals surface area contributed by atoms with Crippen molar-refractivity contribution in [2.75, 3.05) is 11.5 Å². The Morgan fingerprint density at radius 3 is 2.67 bits per heavy atom. The lowest BCUT2D eigenvalue weighted by Crippen LogP contribution is -2.44. The van der Waals surface area contributed by atoms with Gasteiger partial charge in [-0.15, -0.1) is 0 Å². The average molecular weight is 225 g/mol. The van der Waals surface area contributed by atoms with E-state index in [0.717, 1.165) is 35.7 Å². The molecule has 0 aromatic heterocycles. The van der Waals surface area contributed by atoms with Crippen molar-refractivity contribution in [2.24, 2.45) is 17.8 Å². The lowest BCUT2D eigenvalue weighted by molar-refractivity contribution is -0.122. The van der Waals surface area contributed by atoms with E-state index in [0.29, 0.717) is 11.9 Å². The fourth-order valence-electron chi connectivity index (χ4n) is 3.47. The second kappa shape index (κ2) is 4.00. The minimum atomic E-state index is 0.317. The maximum Gasteiger partial charge on any atom is 0.220 e. The summed E-state index contributed by atoms with van der Waals surface area (Å²) in [6, 6.07) is 0.487. The summed E-state index contributed by atoms with van der Waals surface area (Å²) in [7, 11) is 0. The van der Waals surface area contributed by atoms with Crippen LogP contribution in [0.4, 0.5) is 0 Å². The number of thioether (sulfide) groups is 1. The van der Waals surface area contributed by atoms with Gasteiger partial charge in [-0.05, 0) is 37.0 Å². The summed E-state index contributed by atoms with van der Waals surface area (Å²) in [5, 5.41) is 3.14. The molecule has 3 heteroatoms. The first-order valence-electron chi connectivity index (χ1n) is 6.18. The molecule has 0 aromatic carbocycles. The van der Waals surface area contributed by atoms with E-state index in [2.05, 4.69) is 5.32 Å². The molecule has 84 valence electrons. The van der Waals surface area contributed by atoms with Crippen molar-refractivity contribution in [1.82, 2.24) is 5.32 Å². The van der Waals surface area contributed by atoms with Crippen LogP contribution >= 0.6 is 11.8 Å². The van der Waals surface area contributed by atoms with Gasteiger partial charge in [-0.3, -0.25) is 4.79 Å². The summed E-state index contributed by atoms with van der Waals surface area (Å²) in [6.07, 6.45) is 6.38. The van der Waals surface area contributed by atoms with Gasteiger partial charge >= 0.3 is 0 Å². The van der Waals surface area contributed by atoms with Gasteiger partial charge in [0.2, 0.25) is 5.91 Å². The average Bonchev–Trinajstić information content (AvgIpc) is 2.72. The minimum absolute atomic E-state index is 0.317. The smallest absolute Gasteiger partial charge is 0.220 e. The molecule has 2 saturated carbocycles. The molecule has 0 aromatic rings. The molecule has 2 aliphatic carbocycles. The molecule has 3 unspecified atom stereocenters. The highest BCUT2D eigenvalue weighted by atomic mass is 32.2. The van der Waals surface area contributed by atoms with Crippen LogP contribution in [-0.4, -0.2) is 23.5 Å². The minimum Gasteiger partial charge on any atom is -0.352 e. The van der Waals surface area contributed by atoms with Crippen molar-refractivity contribution in [2.45, 2.75) is 38.1 Å². The van der Waals surface area contributed by atoms with Crippen molar-refractivity contribution in [1.29, 1.82) is 0 Å². The summed E-state index contributed by atoms with van der Waals surface area (Å²) in [5.74, 6) is 5.14. The quantitative estimate of drug-likeness (QED) is 0.796. The van der Waals surface area contributed by atoms with Crippen LogP contribution in [0.5, 0.6) is 0 Å². The van der Waals surface area contributed by atoms with Gasteiger partial charge in [-0.2, -0.15) is 11.8 Å². The molecule has 15 heavy (non-hydrogen) atoms. The molecular weight excluding hydrogens is 206 g/mol. The molecule has 1 N–H and O–H groups in total. The highest BCUT2D eigenvalue weighted by molar-refractivity contribution is 8.00. The van der Waals surface area contributed by atoms with Gasteiger partial charge in [0.15, 0.2) is 0 Å². The highest BCUT2D eigenvalue weighted by Gasteiger charge is 2.40. The first-order valence-corrected chi connectivity index (χ1v) is 7.34. The van der Waals surface area contributed by atoms with E-state index in [1.807, 2.05) is 11.8 Å². The number of nitrogens with one attached hydrogen (secondary N) is 1. The van der Waals surface area contributed by atoms with Crippen LogP contribution in [0.3, 0.4) is 0 Å². The van der Waals surface area contributed by atoms with Gasteiger partial charge in [0.1, 0.15) is 0 Å². The summed E-state index contributed by atoms with van der Waals surface area (Å²) < 4.78 is 0. The lowest BCUT2D eigenvalue weighted by atomic mass is 9.86. The second-order valence-corrected chi connectivity index (χ2v) is 6.52. The van der Waals surface area contributed by atoms with Crippen LogP contribution in [0.1, 0.15) is 32.1 Å². The molecule has 1 heterocycles. The van der Waals surface area contributed by atoms with Crippen LogP contribution in [0, 0.1) is 17.8 Å².